The van der Waals surface area contributed by atoms with Gasteiger partial charge in [-0.05, 0) is 14.0 Å². The number of nitrogens with zero attached hydrogens (tertiary/aromatic N) is 5. The van der Waals surface area contributed by atoms with Crippen molar-refractivity contribution < 1.29 is 26.7 Å². The Hall–Kier alpha value is -3.55. The molecule has 14 heteroatoms. The number of aromatic nitrogens is 5. The summed E-state index contributed by atoms with van der Waals surface area (Å²) in [4.78, 5) is 11.0. The van der Waals surface area contributed by atoms with Gasteiger partial charge >= 0.3 is 6.36 Å². The summed E-state index contributed by atoms with van der Waals surface area (Å²) in [6, 6.07) is 2.19. The summed E-state index contributed by atoms with van der Waals surface area (Å²) >= 11 is 0. The maximum absolute atomic E-state index is 13.0. The molecule has 0 saturated carbocycles. The van der Waals surface area contributed by atoms with Crippen LogP contribution < -0.4 is 21.1 Å². The van der Waals surface area contributed by atoms with E-state index >= 15 is 0 Å². The number of rotatable bonds is 8. The molecule has 0 aliphatic heterocycles. The Morgan fingerprint density at radius 1 is 1.16 bits per heavy atom. The van der Waals surface area contributed by atoms with Crippen LogP contribution in [0.5, 0.6) is 5.75 Å². The van der Waals surface area contributed by atoms with Gasteiger partial charge in [-0.2, -0.15) is 5.10 Å². The van der Waals surface area contributed by atoms with Crippen LogP contribution in [0.1, 0.15) is 19.2 Å². The summed E-state index contributed by atoms with van der Waals surface area (Å²) in [5, 5.41) is 9.70. The Morgan fingerprint density at radius 3 is 2.56 bits per heavy atom. The Bertz CT molecular complexity index is 1070. The van der Waals surface area contributed by atoms with Crippen molar-refractivity contribution in [3.05, 3.63) is 36.5 Å². The summed E-state index contributed by atoms with van der Waals surface area (Å²) < 4.78 is 70.5. The zero-order chi connectivity index (χ0) is 23.5. The molecule has 3 rings (SSSR count). The van der Waals surface area contributed by atoms with Gasteiger partial charge in [0.2, 0.25) is 0 Å². The minimum absolute atomic E-state index is 0.0340. The lowest BCUT2D eigenvalue weighted by Gasteiger charge is -2.14. The summed E-state index contributed by atoms with van der Waals surface area (Å²) in [6.07, 6.45) is -3.88. The average molecular weight is 458 g/mol. The molecule has 172 valence electrons. The first-order chi connectivity index (χ1) is 15.0. The zero-order valence-corrected chi connectivity index (χ0v) is 16.9. The second kappa shape index (κ2) is 9.30. The highest BCUT2D eigenvalue weighted by Crippen LogP contribution is 2.35. The van der Waals surface area contributed by atoms with E-state index in [9.17, 15) is 22.0 Å². The van der Waals surface area contributed by atoms with Crippen molar-refractivity contribution >= 4 is 17.5 Å². The third kappa shape index (κ3) is 6.00. The second-order valence-electron chi connectivity index (χ2n) is 6.72. The molecule has 4 N–H and O–H groups in total. The van der Waals surface area contributed by atoms with Gasteiger partial charge in [0, 0.05) is 41.7 Å². The molecule has 9 nitrogen and oxygen atoms in total. The number of nitrogens with two attached hydrogens (primary N) is 1. The first-order valence-corrected chi connectivity index (χ1v) is 9.19. The van der Waals surface area contributed by atoms with Crippen LogP contribution in [0.3, 0.4) is 0 Å². The van der Waals surface area contributed by atoms with Gasteiger partial charge in [-0.3, -0.25) is 4.68 Å². The Balaban J connectivity index is 1.94. The monoisotopic (exact) mass is 458 g/mol. The molecule has 0 fully saturated rings. The van der Waals surface area contributed by atoms with Crippen molar-refractivity contribution in [1.82, 2.24) is 30.0 Å². The van der Waals surface area contributed by atoms with Crippen LogP contribution in [0.15, 0.2) is 30.7 Å². The Kier molecular flexibility index (Phi) is 6.72. The fraction of sp³-hybridized carbons (Fsp3) is 0.333. The highest BCUT2D eigenvalue weighted by Gasteiger charge is 2.33. The summed E-state index contributed by atoms with van der Waals surface area (Å²) in [7, 11) is 1.77. The molecular formula is C18H19F5N8O. The van der Waals surface area contributed by atoms with Crippen molar-refractivity contribution in [2.75, 3.05) is 18.1 Å². The summed E-state index contributed by atoms with van der Waals surface area (Å²) in [5.74, 6) is -1.95. The van der Waals surface area contributed by atoms with E-state index in [0.717, 1.165) is 18.3 Å². The van der Waals surface area contributed by atoms with Crippen molar-refractivity contribution in [3.63, 3.8) is 0 Å². The van der Waals surface area contributed by atoms with E-state index in [-0.39, 0.29) is 29.1 Å². The zero-order valence-electron chi connectivity index (χ0n) is 16.9. The lowest BCUT2D eigenvalue weighted by molar-refractivity contribution is -0.274. The van der Waals surface area contributed by atoms with Crippen LogP contribution in [0.2, 0.25) is 0 Å². The van der Waals surface area contributed by atoms with E-state index in [1.54, 1.807) is 17.9 Å². The van der Waals surface area contributed by atoms with Gasteiger partial charge in [0.1, 0.15) is 23.2 Å². The molecule has 0 unspecified atom stereocenters. The Labute approximate surface area is 178 Å². The average Bonchev–Trinajstić information content (AvgIpc) is 3.14. The number of ether oxygens (including phenoxy) is 1. The summed E-state index contributed by atoms with van der Waals surface area (Å²) in [5.41, 5.74) is 5.86. The number of nitrogens with one attached hydrogen (secondary N) is 2. The predicted molar refractivity (Wildman–Crippen MR) is 105 cm³/mol. The van der Waals surface area contributed by atoms with Crippen molar-refractivity contribution in [2.24, 2.45) is 0 Å². The topological polar surface area (TPSA) is 116 Å². The van der Waals surface area contributed by atoms with E-state index in [0.29, 0.717) is 12.1 Å². The van der Waals surface area contributed by atoms with Crippen LogP contribution in [-0.2, 0) is 6.54 Å². The predicted octanol–water partition coefficient (Wildman–Crippen LogP) is 3.51. The standard InChI is InChI=1S/C18H19F5N8O/c1-9(25-2)7-31-8-10(5-27-31)11-6-26-14(3-12(11)32-18(21,22)23)29-15-4-13(24)28-17(30-15)16(19)20/h3-6,8-9,16,25H,7H2,1-2H3,(H3,24,26,28,29,30)/t9-/m0/s1. The molecule has 0 radical (unpaired) electrons. The van der Waals surface area contributed by atoms with Gasteiger partial charge in [-0.15, -0.1) is 13.2 Å². The largest absolute Gasteiger partial charge is 0.573 e. The number of halogens is 5. The molecule has 0 amide bonds. The van der Waals surface area contributed by atoms with Crippen molar-refractivity contribution in [2.45, 2.75) is 32.3 Å². The lowest BCUT2D eigenvalue weighted by atomic mass is 10.1. The molecule has 0 aromatic carbocycles. The van der Waals surface area contributed by atoms with E-state index in [1.165, 1.54) is 6.20 Å². The van der Waals surface area contributed by atoms with Gasteiger partial charge in [0.15, 0.2) is 5.82 Å². The first kappa shape index (κ1) is 23.1. The first-order valence-electron chi connectivity index (χ1n) is 9.19. The third-order valence-electron chi connectivity index (χ3n) is 4.20. The number of likely N-dealkylation sites (N-methyl/N-ethyl adjacent to an activating group) is 1. The van der Waals surface area contributed by atoms with Crippen LogP contribution in [0.25, 0.3) is 11.1 Å². The SMILES string of the molecule is CN[C@@H](C)Cn1cc(-c2cnc(Nc3cc(N)nc(C(F)F)n3)cc2OC(F)(F)F)cn1. The number of alkyl halides is 5. The van der Waals surface area contributed by atoms with Crippen LogP contribution in [0.4, 0.5) is 39.4 Å². The fourth-order valence-corrected chi connectivity index (χ4v) is 2.68. The quantitative estimate of drug-likeness (QED) is 0.440. The highest BCUT2D eigenvalue weighted by molar-refractivity contribution is 5.71. The van der Waals surface area contributed by atoms with Crippen LogP contribution in [-0.4, -0.2) is 44.2 Å². The van der Waals surface area contributed by atoms with Gasteiger partial charge in [-0.25, -0.2) is 23.7 Å². The Morgan fingerprint density at radius 2 is 1.91 bits per heavy atom. The molecule has 3 aromatic rings. The molecule has 3 aromatic heterocycles. The smallest absolute Gasteiger partial charge is 0.405 e. The molecule has 0 aliphatic carbocycles. The van der Waals surface area contributed by atoms with Gasteiger partial charge in [-0.1, -0.05) is 0 Å². The normalized spacial score (nSPS) is 12.8. The maximum Gasteiger partial charge on any atom is 0.573 e. The minimum Gasteiger partial charge on any atom is -0.405 e. The highest BCUT2D eigenvalue weighted by atomic mass is 19.4. The van der Waals surface area contributed by atoms with Crippen molar-refractivity contribution in [3.8, 4) is 16.9 Å². The molecule has 32 heavy (non-hydrogen) atoms. The third-order valence-corrected chi connectivity index (χ3v) is 4.20. The van der Waals surface area contributed by atoms with E-state index in [4.69, 9.17) is 5.73 Å². The molecule has 0 saturated heterocycles. The number of nitrogen functional groups attached to an aromatic ring is 1. The number of hydrogen-bond donors (Lipinski definition) is 3. The molecule has 1 atom stereocenters. The molecule has 0 spiro atoms. The second-order valence-corrected chi connectivity index (χ2v) is 6.72. The van der Waals surface area contributed by atoms with E-state index in [1.807, 2.05) is 6.92 Å². The number of anilines is 3. The number of pyridine rings is 1. The molecule has 3 heterocycles. The molecular weight excluding hydrogens is 439 g/mol. The summed E-state index contributed by atoms with van der Waals surface area (Å²) in [6.45, 7) is 2.40. The minimum atomic E-state index is -4.98. The van der Waals surface area contributed by atoms with Gasteiger partial charge < -0.3 is 21.1 Å². The van der Waals surface area contributed by atoms with Crippen molar-refractivity contribution in [1.29, 1.82) is 0 Å². The van der Waals surface area contributed by atoms with E-state index in [2.05, 4.69) is 35.4 Å². The number of hydrogen-bond acceptors (Lipinski definition) is 8. The van der Waals surface area contributed by atoms with Crippen LogP contribution >= 0.6 is 0 Å². The molecule has 0 aliphatic rings. The van der Waals surface area contributed by atoms with Gasteiger partial charge in [0.25, 0.3) is 6.43 Å². The van der Waals surface area contributed by atoms with Gasteiger partial charge in [0.05, 0.1) is 12.7 Å². The maximum atomic E-state index is 13.0. The fourth-order valence-electron chi connectivity index (χ4n) is 2.68. The van der Waals surface area contributed by atoms with E-state index < -0.39 is 24.4 Å². The molecule has 0 bridgehead atoms. The van der Waals surface area contributed by atoms with Crippen LogP contribution in [0, 0.1) is 0 Å². The lowest BCUT2D eigenvalue weighted by Crippen LogP contribution is -2.26.